The summed E-state index contributed by atoms with van der Waals surface area (Å²) in [6.07, 6.45) is 1.04. The molecule has 2 aromatic carbocycles. The maximum atomic E-state index is 5.87. The number of fused-ring (bicyclic) bond motifs is 1. The minimum absolute atomic E-state index is 0.368. The monoisotopic (exact) mass is 346 g/mol. The molecule has 4 heteroatoms. The highest BCUT2D eigenvalue weighted by molar-refractivity contribution is 5.66. The number of nitrogens with two attached hydrogens (primary N) is 1. The molecule has 2 heterocycles. The van der Waals surface area contributed by atoms with Crippen LogP contribution in [0.25, 0.3) is 11.3 Å². The van der Waals surface area contributed by atoms with Crippen molar-refractivity contribution in [3.8, 4) is 11.3 Å². The molecular formula is C22H26N4. The number of rotatable bonds is 4. The van der Waals surface area contributed by atoms with Crippen molar-refractivity contribution in [2.75, 3.05) is 12.3 Å². The molecule has 4 nitrogen and oxygen atoms in total. The lowest BCUT2D eigenvalue weighted by molar-refractivity contribution is 0.241. The van der Waals surface area contributed by atoms with Crippen LogP contribution in [0.5, 0.6) is 0 Å². The Balaban J connectivity index is 1.68. The highest BCUT2D eigenvalue weighted by Gasteiger charge is 2.26. The lowest BCUT2D eigenvalue weighted by Crippen LogP contribution is -2.31. The van der Waals surface area contributed by atoms with Crippen molar-refractivity contribution >= 4 is 5.69 Å². The second-order valence-corrected chi connectivity index (χ2v) is 7.38. The Morgan fingerprint density at radius 1 is 1.04 bits per heavy atom. The van der Waals surface area contributed by atoms with Crippen molar-refractivity contribution in [1.29, 1.82) is 0 Å². The van der Waals surface area contributed by atoms with Crippen LogP contribution in [-0.4, -0.2) is 21.2 Å². The molecule has 3 aromatic rings. The fourth-order valence-electron chi connectivity index (χ4n) is 3.78. The second-order valence-electron chi connectivity index (χ2n) is 7.38. The summed E-state index contributed by atoms with van der Waals surface area (Å²) in [5.74, 6) is 0. The first-order chi connectivity index (χ1) is 12.6. The van der Waals surface area contributed by atoms with Gasteiger partial charge in [0.1, 0.15) is 0 Å². The Labute approximate surface area is 155 Å². The Morgan fingerprint density at radius 2 is 1.77 bits per heavy atom. The molecule has 26 heavy (non-hydrogen) atoms. The van der Waals surface area contributed by atoms with Crippen LogP contribution >= 0.6 is 0 Å². The molecule has 2 N–H and O–H groups in total. The van der Waals surface area contributed by atoms with Crippen LogP contribution in [0, 0.1) is 0 Å². The Hall–Kier alpha value is -2.59. The number of aromatic nitrogens is 2. The number of nitrogens with zero attached hydrogens (tertiary/aromatic N) is 3. The molecule has 0 saturated carbocycles. The van der Waals surface area contributed by atoms with E-state index < -0.39 is 0 Å². The molecule has 1 aromatic heterocycles. The fourth-order valence-corrected chi connectivity index (χ4v) is 3.78. The molecule has 0 spiro atoms. The summed E-state index contributed by atoms with van der Waals surface area (Å²) < 4.78 is 2.21. The van der Waals surface area contributed by atoms with Gasteiger partial charge in [-0.1, -0.05) is 42.5 Å². The van der Waals surface area contributed by atoms with Gasteiger partial charge in [-0.05, 0) is 31.5 Å². The van der Waals surface area contributed by atoms with Crippen molar-refractivity contribution < 1.29 is 0 Å². The molecule has 0 bridgehead atoms. The third kappa shape index (κ3) is 3.25. The zero-order valence-electron chi connectivity index (χ0n) is 15.5. The molecule has 1 aliphatic rings. The van der Waals surface area contributed by atoms with E-state index in [1.165, 1.54) is 16.8 Å². The third-order valence-corrected chi connectivity index (χ3v) is 5.09. The van der Waals surface area contributed by atoms with Crippen LogP contribution < -0.4 is 5.73 Å². The van der Waals surface area contributed by atoms with Crippen molar-refractivity contribution in [1.82, 2.24) is 14.7 Å². The van der Waals surface area contributed by atoms with Crippen LogP contribution in [0.3, 0.4) is 0 Å². The summed E-state index contributed by atoms with van der Waals surface area (Å²) in [6, 6.07) is 19.2. The highest BCUT2D eigenvalue weighted by atomic mass is 15.3. The van der Waals surface area contributed by atoms with E-state index >= 15 is 0 Å². The molecule has 0 atom stereocenters. The topological polar surface area (TPSA) is 47.1 Å². The van der Waals surface area contributed by atoms with Gasteiger partial charge in [0.25, 0.3) is 0 Å². The van der Waals surface area contributed by atoms with E-state index in [1.807, 2.05) is 12.1 Å². The van der Waals surface area contributed by atoms with Gasteiger partial charge in [0.15, 0.2) is 0 Å². The molecule has 0 aliphatic carbocycles. The Bertz CT molecular complexity index is 879. The molecule has 0 amide bonds. The molecular weight excluding hydrogens is 320 g/mol. The van der Waals surface area contributed by atoms with E-state index in [2.05, 4.69) is 65.9 Å². The first-order valence-electron chi connectivity index (χ1n) is 9.34. The number of anilines is 1. The zero-order valence-corrected chi connectivity index (χ0v) is 15.5. The van der Waals surface area contributed by atoms with Gasteiger partial charge < -0.3 is 5.73 Å². The predicted molar refractivity (Wildman–Crippen MR) is 107 cm³/mol. The smallest absolute Gasteiger partial charge is 0.0971 e. The first kappa shape index (κ1) is 16.9. The number of hydrogen-bond donors (Lipinski definition) is 1. The summed E-state index contributed by atoms with van der Waals surface area (Å²) >= 11 is 0. The molecule has 4 rings (SSSR count). The van der Waals surface area contributed by atoms with Gasteiger partial charge in [-0.15, -0.1) is 0 Å². The van der Waals surface area contributed by atoms with E-state index in [0.717, 1.165) is 43.0 Å². The van der Waals surface area contributed by atoms with E-state index in [9.17, 15) is 0 Å². The average molecular weight is 346 g/mol. The number of nitrogen functional groups attached to an aromatic ring is 1. The summed E-state index contributed by atoms with van der Waals surface area (Å²) in [4.78, 5) is 2.52. The van der Waals surface area contributed by atoms with Crippen LogP contribution in [0.4, 0.5) is 5.69 Å². The second kappa shape index (κ2) is 6.96. The quantitative estimate of drug-likeness (QED) is 0.718. The molecule has 134 valence electrons. The SMILES string of the molecule is CC(C)n1nc(-c2ccc(N)cc2)c2c1CCN(Cc1ccccc1)C2. The number of hydrogen-bond acceptors (Lipinski definition) is 3. The van der Waals surface area contributed by atoms with Gasteiger partial charge in [-0.25, -0.2) is 0 Å². The molecule has 0 radical (unpaired) electrons. The number of benzene rings is 2. The fraction of sp³-hybridized carbons (Fsp3) is 0.318. The first-order valence-corrected chi connectivity index (χ1v) is 9.34. The van der Waals surface area contributed by atoms with E-state index in [-0.39, 0.29) is 0 Å². The lowest BCUT2D eigenvalue weighted by Gasteiger charge is -2.28. The maximum Gasteiger partial charge on any atom is 0.0971 e. The van der Waals surface area contributed by atoms with Crippen molar-refractivity contribution in [2.45, 2.75) is 39.4 Å². The van der Waals surface area contributed by atoms with E-state index in [0.29, 0.717) is 6.04 Å². The minimum Gasteiger partial charge on any atom is -0.399 e. The van der Waals surface area contributed by atoms with E-state index in [1.54, 1.807) is 0 Å². The van der Waals surface area contributed by atoms with Gasteiger partial charge >= 0.3 is 0 Å². The molecule has 0 unspecified atom stereocenters. The lowest BCUT2D eigenvalue weighted by atomic mass is 10.00. The van der Waals surface area contributed by atoms with Gasteiger partial charge in [0.2, 0.25) is 0 Å². The maximum absolute atomic E-state index is 5.87. The third-order valence-electron chi connectivity index (χ3n) is 5.09. The Morgan fingerprint density at radius 3 is 2.46 bits per heavy atom. The molecule has 0 saturated heterocycles. The van der Waals surface area contributed by atoms with Crippen LogP contribution in [0.1, 0.15) is 36.7 Å². The average Bonchev–Trinajstić information content (AvgIpc) is 3.02. The largest absolute Gasteiger partial charge is 0.399 e. The zero-order chi connectivity index (χ0) is 18.1. The van der Waals surface area contributed by atoms with Crippen LogP contribution in [0.2, 0.25) is 0 Å². The molecule has 0 fully saturated rings. The van der Waals surface area contributed by atoms with E-state index in [4.69, 9.17) is 10.8 Å². The summed E-state index contributed by atoms with van der Waals surface area (Å²) in [7, 11) is 0. The highest BCUT2D eigenvalue weighted by Crippen LogP contribution is 2.32. The van der Waals surface area contributed by atoms with Gasteiger partial charge in [-0.2, -0.15) is 5.10 Å². The van der Waals surface area contributed by atoms with Crippen molar-refractivity contribution in [2.24, 2.45) is 0 Å². The molecule has 1 aliphatic heterocycles. The summed E-state index contributed by atoms with van der Waals surface area (Å²) in [6.45, 7) is 7.40. The van der Waals surface area contributed by atoms with Crippen molar-refractivity contribution in [3.63, 3.8) is 0 Å². The summed E-state index contributed by atoms with van der Waals surface area (Å²) in [5.41, 5.74) is 13.0. The van der Waals surface area contributed by atoms with Crippen molar-refractivity contribution in [3.05, 3.63) is 71.4 Å². The van der Waals surface area contributed by atoms with Gasteiger partial charge in [-0.3, -0.25) is 9.58 Å². The summed E-state index contributed by atoms with van der Waals surface area (Å²) in [5, 5.41) is 4.98. The van der Waals surface area contributed by atoms with Crippen LogP contribution in [-0.2, 0) is 19.5 Å². The minimum atomic E-state index is 0.368. The van der Waals surface area contributed by atoms with Gasteiger partial charge in [0.05, 0.1) is 5.69 Å². The standard InChI is InChI=1S/C22H26N4/c1-16(2)26-21-12-13-25(14-17-6-4-3-5-7-17)15-20(21)22(24-26)18-8-10-19(23)11-9-18/h3-11,16H,12-15,23H2,1-2H3. The van der Waals surface area contributed by atoms with Gasteiger partial charge in [0, 0.05) is 54.6 Å². The van der Waals surface area contributed by atoms with Crippen LogP contribution in [0.15, 0.2) is 54.6 Å². The normalized spacial score (nSPS) is 14.6. The Kier molecular flexibility index (Phi) is 4.51. The predicted octanol–water partition coefficient (Wildman–Crippen LogP) is 4.27.